The minimum absolute atomic E-state index is 0.0131. The van der Waals surface area contributed by atoms with Crippen molar-refractivity contribution < 1.29 is 14.3 Å². The van der Waals surface area contributed by atoms with Crippen LogP contribution in [0, 0.1) is 0 Å². The number of carbonyl (C=O) groups excluding carboxylic acids is 1. The van der Waals surface area contributed by atoms with Crippen molar-refractivity contribution in [2.75, 3.05) is 46.9 Å². The number of methoxy groups -OCH3 is 2. The number of piperazine rings is 1. The highest BCUT2D eigenvalue weighted by molar-refractivity contribution is 5.75. The van der Waals surface area contributed by atoms with E-state index in [-0.39, 0.29) is 6.03 Å². The summed E-state index contributed by atoms with van der Waals surface area (Å²) in [6.45, 7) is 5.33. The second-order valence-corrected chi connectivity index (χ2v) is 7.95. The molecule has 8 heteroatoms. The number of para-hydroxylation sites is 2. The van der Waals surface area contributed by atoms with Crippen LogP contribution in [0.5, 0.6) is 11.5 Å². The fourth-order valence-corrected chi connectivity index (χ4v) is 4.10. The standard InChI is InChI=1S/C24H31N5O3/c1-31-20-8-9-23(32-2)19(16-20)17-27-12-14-28(15-13-27)24(30)25-10-5-11-29-18-26-21-6-3-4-7-22(21)29/h3-4,6-9,16,18H,5,10-15,17H2,1-2H3,(H,25,30). The number of hydrogen-bond donors (Lipinski definition) is 1. The molecule has 32 heavy (non-hydrogen) atoms. The van der Waals surface area contributed by atoms with Gasteiger partial charge >= 0.3 is 6.03 Å². The average molecular weight is 438 g/mol. The highest BCUT2D eigenvalue weighted by atomic mass is 16.5. The van der Waals surface area contributed by atoms with Crippen molar-refractivity contribution in [1.29, 1.82) is 0 Å². The first-order valence-corrected chi connectivity index (χ1v) is 11.0. The Bertz CT molecular complexity index is 1040. The van der Waals surface area contributed by atoms with E-state index in [1.807, 2.05) is 47.6 Å². The average Bonchev–Trinajstić information content (AvgIpc) is 3.25. The molecule has 0 radical (unpaired) electrons. The molecular formula is C24H31N5O3. The lowest BCUT2D eigenvalue weighted by Gasteiger charge is -2.35. The molecule has 3 aromatic rings. The number of aryl methyl sites for hydroxylation is 1. The number of hydrogen-bond acceptors (Lipinski definition) is 5. The van der Waals surface area contributed by atoms with Crippen molar-refractivity contribution in [2.45, 2.75) is 19.5 Å². The molecule has 170 valence electrons. The van der Waals surface area contributed by atoms with Gasteiger partial charge in [0.2, 0.25) is 0 Å². The molecule has 2 heterocycles. The second kappa shape index (κ2) is 10.4. The minimum Gasteiger partial charge on any atom is -0.497 e. The Kier molecular flexibility index (Phi) is 7.11. The van der Waals surface area contributed by atoms with Crippen molar-refractivity contribution in [1.82, 2.24) is 24.7 Å². The van der Waals surface area contributed by atoms with E-state index in [0.29, 0.717) is 19.6 Å². The SMILES string of the molecule is COc1ccc(OC)c(CN2CCN(C(=O)NCCCn3cnc4ccccc43)CC2)c1. The summed E-state index contributed by atoms with van der Waals surface area (Å²) in [7, 11) is 3.35. The number of amides is 2. The molecule has 1 N–H and O–H groups in total. The van der Waals surface area contributed by atoms with Gasteiger partial charge < -0.3 is 24.3 Å². The molecule has 1 fully saturated rings. The molecule has 2 aromatic carbocycles. The summed E-state index contributed by atoms with van der Waals surface area (Å²) in [4.78, 5) is 21.2. The third-order valence-corrected chi connectivity index (χ3v) is 5.92. The van der Waals surface area contributed by atoms with Gasteiger partial charge in [0, 0.05) is 51.4 Å². The summed E-state index contributed by atoms with van der Waals surface area (Å²) in [5, 5.41) is 3.06. The van der Waals surface area contributed by atoms with Crippen LogP contribution < -0.4 is 14.8 Å². The highest BCUT2D eigenvalue weighted by Crippen LogP contribution is 2.25. The third kappa shape index (κ3) is 5.13. The smallest absolute Gasteiger partial charge is 0.317 e. The molecule has 0 aliphatic carbocycles. The van der Waals surface area contributed by atoms with Gasteiger partial charge in [-0.3, -0.25) is 4.90 Å². The normalized spacial score (nSPS) is 14.5. The van der Waals surface area contributed by atoms with E-state index >= 15 is 0 Å². The van der Waals surface area contributed by atoms with Crippen molar-refractivity contribution >= 4 is 17.1 Å². The summed E-state index contributed by atoms with van der Waals surface area (Å²) in [5.74, 6) is 1.68. The Labute approximate surface area is 188 Å². The summed E-state index contributed by atoms with van der Waals surface area (Å²) >= 11 is 0. The molecule has 1 aliphatic rings. The fourth-order valence-electron chi connectivity index (χ4n) is 4.10. The summed E-state index contributed by atoms with van der Waals surface area (Å²) in [6.07, 6.45) is 2.73. The molecule has 1 aromatic heterocycles. The molecule has 0 bridgehead atoms. The van der Waals surface area contributed by atoms with Crippen molar-refractivity contribution in [3.63, 3.8) is 0 Å². The number of aromatic nitrogens is 2. The topological polar surface area (TPSA) is 71.9 Å². The molecule has 0 unspecified atom stereocenters. The summed E-state index contributed by atoms with van der Waals surface area (Å²) in [6, 6.07) is 14.0. The lowest BCUT2D eigenvalue weighted by atomic mass is 10.1. The predicted molar refractivity (Wildman–Crippen MR) is 124 cm³/mol. The third-order valence-electron chi connectivity index (χ3n) is 5.92. The number of nitrogens with one attached hydrogen (secondary N) is 1. The zero-order valence-electron chi connectivity index (χ0n) is 18.8. The van der Waals surface area contributed by atoms with Gasteiger partial charge in [-0.2, -0.15) is 0 Å². The van der Waals surface area contributed by atoms with Gasteiger partial charge in [-0.15, -0.1) is 0 Å². The van der Waals surface area contributed by atoms with Crippen molar-refractivity contribution in [3.8, 4) is 11.5 Å². The van der Waals surface area contributed by atoms with E-state index in [9.17, 15) is 4.79 Å². The van der Waals surface area contributed by atoms with E-state index in [4.69, 9.17) is 9.47 Å². The minimum atomic E-state index is 0.0131. The quantitative estimate of drug-likeness (QED) is 0.549. The van der Waals surface area contributed by atoms with Crippen LogP contribution in [0.2, 0.25) is 0 Å². The molecule has 1 aliphatic heterocycles. The maximum absolute atomic E-state index is 12.6. The number of nitrogens with zero attached hydrogens (tertiary/aromatic N) is 4. The van der Waals surface area contributed by atoms with E-state index in [2.05, 4.69) is 25.8 Å². The van der Waals surface area contributed by atoms with Crippen LogP contribution in [0.3, 0.4) is 0 Å². The van der Waals surface area contributed by atoms with Gasteiger partial charge in [-0.25, -0.2) is 9.78 Å². The number of carbonyl (C=O) groups is 1. The van der Waals surface area contributed by atoms with Gasteiger partial charge in [0.1, 0.15) is 11.5 Å². The first-order valence-electron chi connectivity index (χ1n) is 11.0. The number of urea groups is 1. The maximum Gasteiger partial charge on any atom is 0.317 e. The van der Waals surface area contributed by atoms with E-state index in [1.54, 1.807) is 14.2 Å². The van der Waals surface area contributed by atoms with Gasteiger partial charge in [-0.05, 0) is 36.8 Å². The van der Waals surface area contributed by atoms with Gasteiger partial charge in [0.05, 0.1) is 31.6 Å². The Balaban J connectivity index is 1.20. The Morgan fingerprint density at radius 1 is 1.06 bits per heavy atom. The fraction of sp³-hybridized carbons (Fsp3) is 0.417. The molecule has 2 amide bonds. The van der Waals surface area contributed by atoms with E-state index < -0.39 is 0 Å². The Hall–Kier alpha value is -3.26. The number of fused-ring (bicyclic) bond motifs is 1. The molecule has 0 spiro atoms. The number of benzene rings is 2. The van der Waals surface area contributed by atoms with Crippen LogP contribution in [-0.2, 0) is 13.1 Å². The first kappa shape index (κ1) is 22.0. The molecule has 8 nitrogen and oxygen atoms in total. The van der Waals surface area contributed by atoms with Gasteiger partial charge in [0.15, 0.2) is 0 Å². The van der Waals surface area contributed by atoms with Crippen LogP contribution in [-0.4, -0.2) is 72.3 Å². The van der Waals surface area contributed by atoms with Gasteiger partial charge in [-0.1, -0.05) is 12.1 Å². The van der Waals surface area contributed by atoms with Crippen LogP contribution in [0.15, 0.2) is 48.8 Å². The first-order chi connectivity index (χ1) is 15.7. The van der Waals surface area contributed by atoms with Crippen LogP contribution in [0.1, 0.15) is 12.0 Å². The molecular weight excluding hydrogens is 406 g/mol. The predicted octanol–water partition coefficient (Wildman–Crippen LogP) is 2.97. The van der Waals surface area contributed by atoms with Crippen molar-refractivity contribution in [2.24, 2.45) is 0 Å². The van der Waals surface area contributed by atoms with Crippen LogP contribution >= 0.6 is 0 Å². The van der Waals surface area contributed by atoms with Crippen LogP contribution in [0.25, 0.3) is 11.0 Å². The number of imidazole rings is 1. The van der Waals surface area contributed by atoms with Crippen molar-refractivity contribution in [3.05, 3.63) is 54.4 Å². The summed E-state index contributed by atoms with van der Waals surface area (Å²) < 4.78 is 13.0. The van der Waals surface area contributed by atoms with Crippen LogP contribution in [0.4, 0.5) is 4.79 Å². The molecule has 0 saturated carbocycles. The van der Waals surface area contributed by atoms with Gasteiger partial charge in [0.25, 0.3) is 0 Å². The Morgan fingerprint density at radius 3 is 2.66 bits per heavy atom. The zero-order valence-corrected chi connectivity index (χ0v) is 18.8. The van der Waals surface area contributed by atoms with E-state index in [1.165, 1.54) is 0 Å². The molecule has 4 rings (SSSR count). The zero-order chi connectivity index (χ0) is 22.3. The summed E-state index contributed by atoms with van der Waals surface area (Å²) in [5.41, 5.74) is 3.22. The van der Waals surface area contributed by atoms with E-state index in [0.717, 1.165) is 60.7 Å². The second-order valence-electron chi connectivity index (χ2n) is 7.95. The monoisotopic (exact) mass is 437 g/mol. The highest BCUT2D eigenvalue weighted by Gasteiger charge is 2.21. The number of rotatable bonds is 8. The maximum atomic E-state index is 12.6. The largest absolute Gasteiger partial charge is 0.497 e. The molecule has 1 saturated heterocycles. The molecule has 0 atom stereocenters. The lowest BCUT2D eigenvalue weighted by Crippen LogP contribution is -2.51. The number of ether oxygens (including phenoxy) is 2. The Morgan fingerprint density at radius 2 is 1.88 bits per heavy atom. The lowest BCUT2D eigenvalue weighted by molar-refractivity contribution is 0.134.